The van der Waals surface area contributed by atoms with E-state index in [-0.39, 0.29) is 34.5 Å². The van der Waals surface area contributed by atoms with Crippen molar-refractivity contribution in [3.05, 3.63) is 64.7 Å². The third-order valence-corrected chi connectivity index (χ3v) is 6.97. The number of benzene rings is 2. The van der Waals surface area contributed by atoms with E-state index in [1.165, 1.54) is 43.8 Å². The third kappa shape index (κ3) is 4.97. The van der Waals surface area contributed by atoms with Crippen LogP contribution in [0.4, 0.5) is 0 Å². The summed E-state index contributed by atoms with van der Waals surface area (Å²) in [7, 11) is -0.193. The maximum atomic E-state index is 13.5. The van der Waals surface area contributed by atoms with Gasteiger partial charge < -0.3 is 14.8 Å². The number of rotatable bonds is 8. The normalized spacial score (nSPS) is 13.5. The van der Waals surface area contributed by atoms with Crippen LogP contribution in [0.15, 0.2) is 47.4 Å². The molecule has 0 spiro atoms. The first-order chi connectivity index (χ1) is 15.2. The van der Waals surface area contributed by atoms with Crippen LogP contribution in [0.5, 0.6) is 0 Å². The number of amides is 1. The van der Waals surface area contributed by atoms with Crippen molar-refractivity contribution in [1.29, 1.82) is 0 Å². The molecular formula is C22H24N2O7S. The highest BCUT2D eigenvalue weighted by Gasteiger charge is 2.38. The fourth-order valence-corrected chi connectivity index (χ4v) is 4.96. The van der Waals surface area contributed by atoms with E-state index in [0.29, 0.717) is 24.0 Å². The molecule has 32 heavy (non-hydrogen) atoms. The van der Waals surface area contributed by atoms with Crippen molar-refractivity contribution in [2.75, 3.05) is 21.3 Å². The van der Waals surface area contributed by atoms with Crippen LogP contribution in [0.2, 0.25) is 0 Å². The Kier molecular flexibility index (Phi) is 6.95. The van der Waals surface area contributed by atoms with Crippen molar-refractivity contribution in [1.82, 2.24) is 9.62 Å². The van der Waals surface area contributed by atoms with E-state index in [0.717, 1.165) is 0 Å². The molecule has 0 bridgehead atoms. The minimum atomic E-state index is -4.06. The summed E-state index contributed by atoms with van der Waals surface area (Å²) < 4.78 is 37.8. The Morgan fingerprint density at radius 1 is 0.938 bits per heavy atom. The molecule has 1 aliphatic rings. The minimum absolute atomic E-state index is 0.0698. The lowest BCUT2D eigenvalue weighted by Crippen LogP contribution is -2.33. The fourth-order valence-electron chi connectivity index (χ4n) is 3.21. The Labute approximate surface area is 186 Å². The molecule has 9 nitrogen and oxygen atoms in total. The maximum absolute atomic E-state index is 13.5. The largest absolute Gasteiger partial charge is 0.465 e. The summed E-state index contributed by atoms with van der Waals surface area (Å²) in [6, 6.07) is 10.1. The van der Waals surface area contributed by atoms with E-state index in [9.17, 15) is 22.8 Å². The van der Waals surface area contributed by atoms with Gasteiger partial charge in [0.05, 0.1) is 30.2 Å². The van der Waals surface area contributed by atoms with Gasteiger partial charge in [0.25, 0.3) is 5.91 Å². The number of sulfonamides is 1. The van der Waals surface area contributed by atoms with Crippen LogP contribution in [-0.4, -0.2) is 57.9 Å². The minimum Gasteiger partial charge on any atom is -0.465 e. The average Bonchev–Trinajstić information content (AvgIpc) is 3.66. The molecule has 1 saturated carbocycles. The summed E-state index contributed by atoms with van der Waals surface area (Å²) in [6.07, 6.45) is 1.41. The molecule has 1 aliphatic carbocycles. The van der Waals surface area contributed by atoms with Gasteiger partial charge in [0.15, 0.2) is 0 Å². The first-order valence-corrected chi connectivity index (χ1v) is 11.3. The van der Waals surface area contributed by atoms with Gasteiger partial charge in [-0.25, -0.2) is 18.0 Å². The van der Waals surface area contributed by atoms with Crippen LogP contribution in [0, 0.1) is 0 Å². The van der Waals surface area contributed by atoms with Crippen LogP contribution in [-0.2, 0) is 26.0 Å². The molecule has 1 amide bonds. The molecule has 1 fully saturated rings. The first kappa shape index (κ1) is 23.4. The van der Waals surface area contributed by atoms with Crippen LogP contribution in [0.1, 0.15) is 49.5 Å². The predicted octanol–water partition coefficient (Wildman–Crippen LogP) is 1.97. The zero-order valence-corrected chi connectivity index (χ0v) is 18.8. The van der Waals surface area contributed by atoms with Crippen LogP contribution in [0.25, 0.3) is 0 Å². The highest BCUT2D eigenvalue weighted by Crippen LogP contribution is 2.34. The second-order valence-corrected chi connectivity index (χ2v) is 9.18. The lowest BCUT2D eigenvalue weighted by Gasteiger charge is -2.23. The van der Waals surface area contributed by atoms with Crippen molar-refractivity contribution in [2.45, 2.75) is 30.3 Å². The number of hydrogen-bond donors (Lipinski definition) is 1. The molecule has 2 aromatic carbocycles. The van der Waals surface area contributed by atoms with Gasteiger partial charge >= 0.3 is 11.9 Å². The van der Waals surface area contributed by atoms with E-state index in [2.05, 4.69) is 5.32 Å². The van der Waals surface area contributed by atoms with Crippen molar-refractivity contribution < 1.29 is 32.3 Å². The lowest BCUT2D eigenvalue weighted by atomic mass is 10.1. The second-order valence-electron chi connectivity index (χ2n) is 7.29. The summed E-state index contributed by atoms with van der Waals surface area (Å²) in [5, 5.41) is 2.53. The Morgan fingerprint density at radius 2 is 1.47 bits per heavy atom. The number of carbonyl (C=O) groups excluding carboxylic acids is 3. The molecule has 0 radical (unpaired) electrons. The number of esters is 2. The number of ether oxygens (including phenoxy) is 2. The fraction of sp³-hybridized carbons (Fsp3) is 0.318. The second kappa shape index (κ2) is 9.49. The van der Waals surface area contributed by atoms with Gasteiger partial charge in [-0.15, -0.1) is 0 Å². The maximum Gasteiger partial charge on any atom is 0.337 e. The molecule has 10 heteroatoms. The van der Waals surface area contributed by atoms with Gasteiger partial charge in [-0.05, 0) is 48.7 Å². The summed E-state index contributed by atoms with van der Waals surface area (Å²) in [6.45, 7) is 0.0804. The van der Waals surface area contributed by atoms with E-state index in [4.69, 9.17) is 9.47 Å². The van der Waals surface area contributed by atoms with Gasteiger partial charge in [-0.1, -0.05) is 12.1 Å². The van der Waals surface area contributed by atoms with Crippen LogP contribution < -0.4 is 5.32 Å². The highest BCUT2D eigenvalue weighted by atomic mass is 32.2. The number of nitrogens with zero attached hydrogens (tertiary/aromatic N) is 1. The van der Waals surface area contributed by atoms with Gasteiger partial charge in [0, 0.05) is 25.2 Å². The van der Waals surface area contributed by atoms with E-state index in [1.807, 2.05) is 0 Å². The quantitative estimate of drug-likeness (QED) is 0.598. The number of carbonyl (C=O) groups is 3. The molecule has 0 atom stereocenters. The molecule has 170 valence electrons. The monoisotopic (exact) mass is 460 g/mol. The zero-order chi connectivity index (χ0) is 23.5. The number of nitrogens with one attached hydrogen (secondary N) is 1. The van der Waals surface area contributed by atoms with Gasteiger partial charge in [0.2, 0.25) is 10.0 Å². The van der Waals surface area contributed by atoms with Crippen molar-refractivity contribution in [2.24, 2.45) is 0 Å². The Hall–Kier alpha value is -3.24. The Balaban J connectivity index is 1.99. The molecule has 2 aromatic rings. The average molecular weight is 461 g/mol. The highest BCUT2D eigenvalue weighted by molar-refractivity contribution is 7.89. The zero-order valence-electron chi connectivity index (χ0n) is 18.0. The topological polar surface area (TPSA) is 119 Å². The van der Waals surface area contributed by atoms with Gasteiger partial charge in [-0.2, -0.15) is 4.31 Å². The summed E-state index contributed by atoms with van der Waals surface area (Å²) >= 11 is 0. The van der Waals surface area contributed by atoms with Crippen molar-refractivity contribution in [3.63, 3.8) is 0 Å². The van der Waals surface area contributed by atoms with E-state index < -0.39 is 22.0 Å². The lowest BCUT2D eigenvalue weighted by molar-refractivity contribution is 0.0598. The summed E-state index contributed by atoms with van der Waals surface area (Å²) in [4.78, 5) is 35.7. The first-order valence-electron chi connectivity index (χ1n) is 9.86. The summed E-state index contributed by atoms with van der Waals surface area (Å²) in [5.41, 5.74) is 1.02. The number of methoxy groups -OCH3 is 2. The molecule has 3 rings (SSSR count). The summed E-state index contributed by atoms with van der Waals surface area (Å²) in [5.74, 6) is -1.77. The van der Waals surface area contributed by atoms with Crippen LogP contribution in [0.3, 0.4) is 0 Å². The predicted molar refractivity (Wildman–Crippen MR) is 115 cm³/mol. The molecule has 0 heterocycles. The van der Waals surface area contributed by atoms with E-state index >= 15 is 0 Å². The van der Waals surface area contributed by atoms with Crippen LogP contribution >= 0.6 is 0 Å². The smallest absolute Gasteiger partial charge is 0.337 e. The molecule has 1 N–H and O–H groups in total. The van der Waals surface area contributed by atoms with Crippen molar-refractivity contribution in [3.8, 4) is 0 Å². The van der Waals surface area contributed by atoms with Crippen molar-refractivity contribution >= 4 is 27.9 Å². The van der Waals surface area contributed by atoms with Gasteiger partial charge in [-0.3, -0.25) is 4.79 Å². The number of hydrogen-bond acceptors (Lipinski definition) is 7. The molecule has 0 aromatic heterocycles. The SMILES string of the molecule is CNC(=O)c1ccc(CN(C2CC2)S(=O)(=O)c2cc(C(=O)OC)cc(C(=O)OC)c2)cc1. The third-order valence-electron chi connectivity index (χ3n) is 5.09. The van der Waals surface area contributed by atoms with Gasteiger partial charge in [0.1, 0.15) is 0 Å². The molecule has 0 saturated heterocycles. The standard InChI is InChI=1S/C22H24N2O7S/c1-23-20(25)15-6-4-14(5-7-15)13-24(18-8-9-18)32(28,29)19-11-16(21(26)30-2)10-17(12-19)22(27)31-3/h4-7,10-12,18H,8-9,13H2,1-3H3,(H,23,25). The Bertz CT molecular complexity index is 1110. The molecule has 0 unspecified atom stereocenters. The molecular weight excluding hydrogens is 436 g/mol. The Morgan fingerprint density at radius 3 is 1.91 bits per heavy atom. The van der Waals surface area contributed by atoms with E-state index in [1.54, 1.807) is 24.3 Å². The molecule has 0 aliphatic heterocycles.